The van der Waals surface area contributed by atoms with Crippen molar-refractivity contribution in [1.82, 2.24) is 14.4 Å². The highest BCUT2D eigenvalue weighted by atomic mass is 31.2. The standard InChI is InChI=1S/C46H47N4O2P/c1-49-43(33-35-25-29-41(51-3)30-26-35)45(37-17-9-5-10-18-37,38-19-11-6-12-20-38)47-53(49)48-46(39-21-13-7-14-22-39,40-23-15-8-16-24-40)44(50(53)2)34-36-27-31-42(52-4)32-28-36/h5-32,43-44,47H,33-34H2,1-4H3. The summed E-state index contributed by atoms with van der Waals surface area (Å²) in [5.74, 6) is 1.71. The van der Waals surface area contributed by atoms with E-state index in [2.05, 4.69) is 198 Å². The van der Waals surface area contributed by atoms with Gasteiger partial charge >= 0.3 is 0 Å². The summed E-state index contributed by atoms with van der Waals surface area (Å²) in [5, 5.41) is 4.48. The van der Waals surface area contributed by atoms with Gasteiger partial charge in [0.05, 0.1) is 25.8 Å². The Hall–Kier alpha value is -4.97. The fourth-order valence-electron chi connectivity index (χ4n) is 8.75. The molecule has 6 aromatic carbocycles. The van der Waals surface area contributed by atoms with Crippen LogP contribution >= 0.6 is 7.51 Å². The number of benzene rings is 6. The molecular weight excluding hydrogens is 672 g/mol. The summed E-state index contributed by atoms with van der Waals surface area (Å²) in [5.41, 5.74) is 6.04. The third-order valence-electron chi connectivity index (χ3n) is 11.4. The lowest BCUT2D eigenvalue weighted by Crippen LogP contribution is -2.48. The van der Waals surface area contributed by atoms with E-state index in [0.29, 0.717) is 0 Å². The van der Waals surface area contributed by atoms with Crippen LogP contribution < -0.4 is 14.6 Å². The van der Waals surface area contributed by atoms with Gasteiger partial charge in [-0.05, 0) is 84.6 Å². The maximum absolute atomic E-state index is 6.34. The molecule has 3 atom stereocenters. The molecular formula is C46H47N4O2P. The molecule has 1 spiro atoms. The lowest BCUT2D eigenvalue weighted by atomic mass is 9.75. The van der Waals surface area contributed by atoms with Crippen molar-refractivity contribution in [1.29, 1.82) is 0 Å². The van der Waals surface area contributed by atoms with Crippen LogP contribution in [-0.2, 0) is 23.9 Å². The van der Waals surface area contributed by atoms with Crippen LogP contribution in [0.2, 0.25) is 0 Å². The minimum absolute atomic E-state index is 0.00390. The van der Waals surface area contributed by atoms with Crippen LogP contribution in [0.15, 0.2) is 175 Å². The Bertz CT molecular complexity index is 2100. The number of rotatable bonds is 10. The Balaban J connectivity index is 1.40. The second kappa shape index (κ2) is 14.5. The van der Waals surface area contributed by atoms with Gasteiger partial charge in [-0.15, -0.1) is 0 Å². The number of methoxy groups -OCH3 is 2. The highest BCUT2D eigenvalue weighted by Gasteiger charge is 2.64. The number of nitrogens with one attached hydrogen (secondary N) is 1. The van der Waals surface area contributed by atoms with E-state index >= 15 is 0 Å². The van der Waals surface area contributed by atoms with Crippen molar-refractivity contribution in [2.75, 3.05) is 28.3 Å². The molecule has 1 saturated heterocycles. The fourth-order valence-corrected chi connectivity index (χ4v) is 12.8. The molecule has 1 fully saturated rings. The average molecular weight is 719 g/mol. The van der Waals surface area contributed by atoms with Crippen molar-refractivity contribution in [3.05, 3.63) is 203 Å². The predicted molar refractivity (Wildman–Crippen MR) is 216 cm³/mol. The minimum Gasteiger partial charge on any atom is -0.497 e. The Kier molecular flexibility index (Phi) is 9.57. The average Bonchev–Trinajstić information content (AvgIpc) is 3.63. The molecule has 1 N–H and O–H groups in total. The molecule has 7 heteroatoms. The van der Waals surface area contributed by atoms with Crippen molar-refractivity contribution in [3.8, 4) is 11.5 Å². The SMILES string of the molecule is COc1ccc(CC2N(C)P3(=NC2(c2ccccc2)c2ccccc2)NC(c2ccccc2)(c2ccccc2)C(Cc2ccc(OC)cc2)N3C)cc1. The van der Waals surface area contributed by atoms with Gasteiger partial charge in [-0.25, -0.2) is 19.2 Å². The van der Waals surface area contributed by atoms with E-state index in [1.807, 2.05) is 0 Å². The van der Waals surface area contributed by atoms with Gasteiger partial charge in [-0.3, -0.25) is 0 Å². The lowest BCUT2D eigenvalue weighted by Gasteiger charge is -2.38. The molecule has 0 aliphatic carbocycles. The fraction of sp³-hybridized carbons (Fsp3) is 0.217. The van der Waals surface area contributed by atoms with Gasteiger partial charge in [-0.1, -0.05) is 146 Å². The summed E-state index contributed by atoms with van der Waals surface area (Å²) in [4.78, 5) is 0. The monoisotopic (exact) mass is 718 g/mol. The number of ether oxygens (including phenoxy) is 2. The Morgan fingerprint density at radius 2 is 0.868 bits per heavy atom. The molecule has 53 heavy (non-hydrogen) atoms. The molecule has 2 aliphatic heterocycles. The van der Waals surface area contributed by atoms with Crippen LogP contribution in [0, 0.1) is 0 Å². The third kappa shape index (κ3) is 5.91. The number of likely N-dealkylation sites (N-methyl/N-ethyl adjacent to an activating group) is 2. The molecule has 0 amide bonds. The number of nitrogens with zero attached hydrogens (tertiary/aromatic N) is 3. The Morgan fingerprint density at radius 3 is 1.26 bits per heavy atom. The molecule has 6 nitrogen and oxygen atoms in total. The first-order valence-corrected chi connectivity index (χ1v) is 20.0. The highest BCUT2D eigenvalue weighted by Crippen LogP contribution is 2.72. The van der Waals surface area contributed by atoms with Crippen LogP contribution in [0.4, 0.5) is 0 Å². The van der Waals surface area contributed by atoms with Gasteiger partial charge in [0.2, 0.25) is 0 Å². The van der Waals surface area contributed by atoms with Crippen LogP contribution in [0.3, 0.4) is 0 Å². The van der Waals surface area contributed by atoms with Crippen LogP contribution in [-0.4, -0.2) is 49.7 Å². The van der Waals surface area contributed by atoms with Crippen LogP contribution in [0.1, 0.15) is 33.4 Å². The molecule has 6 aromatic rings. The Labute approximate surface area is 314 Å². The molecule has 0 aromatic heterocycles. The molecule has 8 rings (SSSR count). The van der Waals surface area contributed by atoms with Crippen molar-refractivity contribution in [2.45, 2.75) is 36.0 Å². The third-order valence-corrected chi connectivity index (χ3v) is 15.0. The smallest absolute Gasteiger partial charge is 0.167 e. The zero-order valence-electron chi connectivity index (χ0n) is 30.8. The summed E-state index contributed by atoms with van der Waals surface area (Å²) >= 11 is 0. The molecule has 0 radical (unpaired) electrons. The molecule has 2 aliphatic rings. The van der Waals surface area contributed by atoms with E-state index in [1.54, 1.807) is 14.2 Å². The number of hydrogen-bond donors (Lipinski definition) is 1. The predicted octanol–water partition coefficient (Wildman–Crippen LogP) is 9.54. The minimum atomic E-state index is -2.71. The normalized spacial score (nSPS) is 22.0. The molecule has 3 unspecified atom stereocenters. The molecule has 268 valence electrons. The largest absolute Gasteiger partial charge is 0.497 e. The van der Waals surface area contributed by atoms with Crippen molar-refractivity contribution in [2.24, 2.45) is 4.74 Å². The maximum atomic E-state index is 6.34. The first-order chi connectivity index (χ1) is 25.9. The first kappa shape index (κ1) is 35.1. The van der Waals surface area contributed by atoms with Gasteiger partial charge in [0.25, 0.3) is 0 Å². The molecule has 0 saturated carbocycles. The van der Waals surface area contributed by atoms with Crippen LogP contribution in [0.25, 0.3) is 0 Å². The van der Waals surface area contributed by atoms with Gasteiger partial charge in [0, 0.05) is 6.04 Å². The first-order valence-electron chi connectivity index (χ1n) is 18.3. The Morgan fingerprint density at radius 1 is 0.509 bits per heavy atom. The second-order valence-electron chi connectivity index (χ2n) is 14.1. The zero-order chi connectivity index (χ0) is 36.5. The van der Waals surface area contributed by atoms with Gasteiger partial charge in [0.15, 0.2) is 7.51 Å². The van der Waals surface area contributed by atoms with E-state index in [4.69, 9.17) is 14.2 Å². The number of hydrogen-bond acceptors (Lipinski definition) is 6. The van der Waals surface area contributed by atoms with Gasteiger partial charge < -0.3 is 9.47 Å². The summed E-state index contributed by atoms with van der Waals surface area (Å²) in [6.45, 7) is 0. The van der Waals surface area contributed by atoms with E-state index < -0.39 is 18.6 Å². The molecule has 2 heterocycles. The summed E-state index contributed by atoms with van der Waals surface area (Å²) in [6, 6.07) is 60.9. The van der Waals surface area contributed by atoms with E-state index in [1.165, 1.54) is 33.4 Å². The van der Waals surface area contributed by atoms with Gasteiger partial charge in [-0.2, -0.15) is 0 Å². The van der Waals surface area contributed by atoms with Crippen LogP contribution in [0.5, 0.6) is 11.5 Å². The lowest BCUT2D eigenvalue weighted by molar-refractivity contribution is 0.280. The van der Waals surface area contributed by atoms with E-state index in [-0.39, 0.29) is 12.1 Å². The topological polar surface area (TPSA) is 49.3 Å². The summed E-state index contributed by atoms with van der Waals surface area (Å²) < 4.78 is 22.7. The van der Waals surface area contributed by atoms with Crippen molar-refractivity contribution >= 4 is 7.51 Å². The van der Waals surface area contributed by atoms with Gasteiger partial charge in [0.1, 0.15) is 17.0 Å². The summed E-state index contributed by atoms with van der Waals surface area (Å²) in [6.07, 6.45) is 1.59. The van der Waals surface area contributed by atoms with Crippen molar-refractivity contribution in [3.63, 3.8) is 0 Å². The van der Waals surface area contributed by atoms with Crippen molar-refractivity contribution < 1.29 is 9.47 Å². The maximum Gasteiger partial charge on any atom is 0.167 e. The van der Waals surface area contributed by atoms with E-state index in [0.717, 1.165) is 24.3 Å². The van der Waals surface area contributed by atoms with E-state index in [9.17, 15) is 0 Å². The highest BCUT2D eigenvalue weighted by molar-refractivity contribution is 7.60. The zero-order valence-corrected chi connectivity index (χ0v) is 31.7. The quantitative estimate of drug-likeness (QED) is 0.143. The summed E-state index contributed by atoms with van der Waals surface area (Å²) in [7, 11) is 5.34. The molecule has 0 bridgehead atoms. The second-order valence-corrected chi connectivity index (χ2v) is 16.9.